The minimum absolute atomic E-state index is 0.0768. The van der Waals surface area contributed by atoms with Crippen LogP contribution in [-0.4, -0.2) is 37.2 Å². The van der Waals surface area contributed by atoms with E-state index in [4.69, 9.17) is 14.2 Å². The fraction of sp³-hybridized carbons (Fsp3) is 0.852. The number of carbonyl (C=O) groups excluding carboxylic acids is 3. The number of unbranched alkanes of at least 4 members (excludes halogenated alkanes) is 37. The number of allylic oxidation sites excluding steroid dienone is 6. The lowest BCUT2D eigenvalue weighted by molar-refractivity contribution is -0.167. The van der Waals surface area contributed by atoms with Crippen molar-refractivity contribution in [1.82, 2.24) is 0 Å². The zero-order valence-electron chi connectivity index (χ0n) is 44.9. The Morgan fingerprint density at radius 1 is 0.284 bits per heavy atom. The van der Waals surface area contributed by atoms with Gasteiger partial charge in [-0.05, 0) is 96.3 Å². The molecule has 0 bridgehead atoms. The van der Waals surface area contributed by atoms with Crippen LogP contribution in [0.4, 0.5) is 0 Å². The Kier molecular flexibility index (Phi) is 54.2. The van der Waals surface area contributed by atoms with Crippen LogP contribution in [0.15, 0.2) is 36.5 Å². The zero-order valence-corrected chi connectivity index (χ0v) is 44.9. The van der Waals surface area contributed by atoms with Crippen LogP contribution >= 0.6 is 0 Å². The van der Waals surface area contributed by atoms with E-state index in [0.29, 0.717) is 19.3 Å². The standard InChI is InChI=1S/C61H112O6/c1-4-7-10-13-16-19-22-25-28-29-30-31-34-36-39-42-45-48-51-54-60(63)66-57-58(67-61(64)55-52-49-46-43-40-37-33-27-24-21-18-15-12-9-6-3)56-65-59(62)53-50-47-44-41-38-35-32-26-23-20-17-14-11-8-5-2/h25-28,32-33,58H,4-24,29-31,34-57H2,1-3H3/t58-/m1/s1. The van der Waals surface area contributed by atoms with E-state index in [0.717, 1.165) is 70.6 Å². The summed E-state index contributed by atoms with van der Waals surface area (Å²) in [6.45, 7) is 6.65. The molecule has 6 heteroatoms. The highest BCUT2D eigenvalue weighted by atomic mass is 16.6. The van der Waals surface area contributed by atoms with Gasteiger partial charge in [0.1, 0.15) is 13.2 Å². The first-order valence-corrected chi connectivity index (χ1v) is 29.5. The van der Waals surface area contributed by atoms with Crippen LogP contribution in [0.25, 0.3) is 0 Å². The van der Waals surface area contributed by atoms with Crippen LogP contribution in [-0.2, 0) is 28.6 Å². The molecule has 0 amide bonds. The molecule has 0 heterocycles. The van der Waals surface area contributed by atoms with Crippen molar-refractivity contribution < 1.29 is 28.6 Å². The van der Waals surface area contributed by atoms with E-state index in [2.05, 4.69) is 57.2 Å². The lowest BCUT2D eigenvalue weighted by Crippen LogP contribution is -2.30. The van der Waals surface area contributed by atoms with Crippen LogP contribution in [0, 0.1) is 0 Å². The summed E-state index contributed by atoms with van der Waals surface area (Å²) in [4.78, 5) is 38.2. The number of rotatable bonds is 54. The highest BCUT2D eigenvalue weighted by molar-refractivity contribution is 5.71. The minimum atomic E-state index is -0.779. The summed E-state index contributed by atoms with van der Waals surface area (Å²) < 4.78 is 16.9. The summed E-state index contributed by atoms with van der Waals surface area (Å²) in [5.74, 6) is -0.880. The summed E-state index contributed by atoms with van der Waals surface area (Å²) in [6, 6.07) is 0. The van der Waals surface area contributed by atoms with Gasteiger partial charge in [-0.15, -0.1) is 0 Å². The normalized spacial score (nSPS) is 12.2. The van der Waals surface area contributed by atoms with Crippen molar-refractivity contribution >= 4 is 17.9 Å². The Balaban J connectivity index is 4.35. The van der Waals surface area contributed by atoms with Crippen molar-refractivity contribution in [1.29, 1.82) is 0 Å². The van der Waals surface area contributed by atoms with Crippen molar-refractivity contribution in [3.63, 3.8) is 0 Å². The SMILES string of the molecule is CCCCCCCCC=CCCCCCCCCCCCC(=O)OC[C@@H](COC(=O)CCCCCCCC=CCCCCCCCC)OC(=O)CCCCCCCC=CCCCCCCCC. The smallest absolute Gasteiger partial charge is 0.306 e. The van der Waals surface area contributed by atoms with E-state index in [1.54, 1.807) is 0 Å². The Morgan fingerprint density at radius 2 is 0.493 bits per heavy atom. The van der Waals surface area contributed by atoms with Crippen LogP contribution in [0.3, 0.4) is 0 Å². The topological polar surface area (TPSA) is 78.9 Å². The Hall–Kier alpha value is -2.37. The van der Waals surface area contributed by atoms with Gasteiger partial charge in [-0.2, -0.15) is 0 Å². The van der Waals surface area contributed by atoms with Gasteiger partial charge in [-0.1, -0.05) is 237 Å². The van der Waals surface area contributed by atoms with Crippen LogP contribution < -0.4 is 0 Å². The number of ether oxygens (including phenoxy) is 3. The predicted molar refractivity (Wildman–Crippen MR) is 289 cm³/mol. The monoisotopic (exact) mass is 941 g/mol. The molecule has 0 aromatic carbocycles. The molecule has 0 fully saturated rings. The number of hydrogen-bond acceptors (Lipinski definition) is 6. The van der Waals surface area contributed by atoms with E-state index in [1.165, 1.54) is 205 Å². The van der Waals surface area contributed by atoms with E-state index in [9.17, 15) is 14.4 Å². The maximum atomic E-state index is 12.8. The van der Waals surface area contributed by atoms with Crippen LogP contribution in [0.1, 0.15) is 316 Å². The molecule has 0 aliphatic carbocycles. The molecule has 0 N–H and O–H groups in total. The Labute approximate surface area is 416 Å². The molecule has 0 aromatic rings. The molecule has 67 heavy (non-hydrogen) atoms. The molecule has 0 radical (unpaired) electrons. The first kappa shape index (κ1) is 64.6. The zero-order chi connectivity index (χ0) is 48.6. The molecular weight excluding hydrogens is 829 g/mol. The highest BCUT2D eigenvalue weighted by Crippen LogP contribution is 2.16. The van der Waals surface area contributed by atoms with Gasteiger partial charge in [0.25, 0.3) is 0 Å². The van der Waals surface area contributed by atoms with E-state index in [-0.39, 0.29) is 31.1 Å². The molecule has 0 saturated heterocycles. The van der Waals surface area contributed by atoms with Gasteiger partial charge >= 0.3 is 17.9 Å². The molecule has 0 aromatic heterocycles. The summed E-state index contributed by atoms with van der Waals surface area (Å²) in [5, 5.41) is 0. The van der Waals surface area contributed by atoms with Crippen LogP contribution in [0.2, 0.25) is 0 Å². The average molecular weight is 942 g/mol. The second-order valence-electron chi connectivity index (χ2n) is 19.9. The van der Waals surface area contributed by atoms with Gasteiger partial charge in [0.15, 0.2) is 6.10 Å². The van der Waals surface area contributed by atoms with E-state index in [1.807, 2.05) is 0 Å². The van der Waals surface area contributed by atoms with Crippen LogP contribution in [0.5, 0.6) is 0 Å². The second-order valence-corrected chi connectivity index (χ2v) is 19.9. The average Bonchev–Trinajstić information content (AvgIpc) is 3.33. The fourth-order valence-corrected chi connectivity index (χ4v) is 8.60. The molecule has 0 spiro atoms. The van der Waals surface area contributed by atoms with E-state index >= 15 is 0 Å². The molecule has 0 saturated carbocycles. The van der Waals surface area contributed by atoms with E-state index < -0.39 is 6.10 Å². The Bertz CT molecular complexity index is 1130. The molecule has 392 valence electrons. The molecule has 0 rings (SSSR count). The largest absolute Gasteiger partial charge is 0.462 e. The maximum Gasteiger partial charge on any atom is 0.306 e. The third kappa shape index (κ3) is 54.4. The third-order valence-corrected chi connectivity index (χ3v) is 13.1. The highest BCUT2D eigenvalue weighted by Gasteiger charge is 2.19. The third-order valence-electron chi connectivity index (χ3n) is 13.1. The first-order valence-electron chi connectivity index (χ1n) is 29.5. The van der Waals surface area contributed by atoms with Crippen molar-refractivity contribution in [2.24, 2.45) is 0 Å². The van der Waals surface area contributed by atoms with Crippen molar-refractivity contribution in [3.8, 4) is 0 Å². The number of carbonyl (C=O) groups is 3. The summed E-state index contributed by atoms with van der Waals surface area (Å²) >= 11 is 0. The van der Waals surface area contributed by atoms with Gasteiger partial charge < -0.3 is 14.2 Å². The number of hydrogen-bond donors (Lipinski definition) is 0. The molecular formula is C61H112O6. The molecule has 1 atom stereocenters. The summed E-state index contributed by atoms with van der Waals surface area (Å²) in [5.41, 5.74) is 0. The molecule has 0 aliphatic rings. The molecule has 0 unspecified atom stereocenters. The fourth-order valence-electron chi connectivity index (χ4n) is 8.60. The van der Waals surface area contributed by atoms with Crippen molar-refractivity contribution in [2.75, 3.05) is 13.2 Å². The maximum absolute atomic E-state index is 12.8. The quantitative estimate of drug-likeness (QED) is 0.0262. The summed E-state index contributed by atoms with van der Waals surface area (Å²) in [6.07, 6.45) is 67.0. The lowest BCUT2D eigenvalue weighted by Gasteiger charge is -2.18. The predicted octanol–water partition coefficient (Wildman–Crippen LogP) is 19.7. The van der Waals surface area contributed by atoms with Gasteiger partial charge in [0, 0.05) is 19.3 Å². The van der Waals surface area contributed by atoms with Crippen molar-refractivity contribution in [3.05, 3.63) is 36.5 Å². The second kappa shape index (κ2) is 56.2. The Morgan fingerprint density at radius 3 is 0.746 bits per heavy atom. The van der Waals surface area contributed by atoms with Gasteiger partial charge in [-0.3, -0.25) is 14.4 Å². The van der Waals surface area contributed by atoms with Gasteiger partial charge in [0.2, 0.25) is 0 Å². The van der Waals surface area contributed by atoms with Gasteiger partial charge in [-0.25, -0.2) is 0 Å². The van der Waals surface area contributed by atoms with Crippen molar-refractivity contribution in [2.45, 2.75) is 322 Å². The van der Waals surface area contributed by atoms with Gasteiger partial charge in [0.05, 0.1) is 0 Å². The summed E-state index contributed by atoms with van der Waals surface area (Å²) in [7, 11) is 0. The lowest BCUT2D eigenvalue weighted by atomic mass is 10.1. The minimum Gasteiger partial charge on any atom is -0.462 e. The molecule has 6 nitrogen and oxygen atoms in total. The number of esters is 3. The molecule has 0 aliphatic heterocycles. The first-order chi connectivity index (χ1) is 33.0.